The van der Waals surface area contributed by atoms with Gasteiger partial charge in [0.1, 0.15) is 0 Å². The minimum Gasteiger partial charge on any atom is -0.350 e. The minimum atomic E-state index is 0.312. The number of aromatic amines is 1. The summed E-state index contributed by atoms with van der Waals surface area (Å²) < 4.78 is 0. The molecule has 1 aliphatic rings. The fourth-order valence-corrected chi connectivity index (χ4v) is 3.25. The predicted molar refractivity (Wildman–Crippen MR) is 74.8 cm³/mol. The van der Waals surface area contributed by atoms with Crippen molar-refractivity contribution in [3.8, 4) is 0 Å². The molecule has 0 bridgehead atoms. The van der Waals surface area contributed by atoms with Gasteiger partial charge in [-0.3, -0.25) is 4.79 Å². The Kier molecular flexibility index (Phi) is 3.28. The van der Waals surface area contributed by atoms with Crippen LogP contribution < -0.4 is 0 Å². The highest BCUT2D eigenvalue weighted by Gasteiger charge is 2.19. The van der Waals surface area contributed by atoms with Crippen LogP contribution in [0.2, 0.25) is 0 Å². The average molecular weight is 260 g/mol. The highest BCUT2D eigenvalue weighted by Crippen LogP contribution is 2.23. The van der Waals surface area contributed by atoms with Crippen molar-refractivity contribution in [3.63, 3.8) is 0 Å². The van der Waals surface area contributed by atoms with Crippen molar-refractivity contribution >= 4 is 28.6 Å². The summed E-state index contributed by atoms with van der Waals surface area (Å²) in [5.41, 5.74) is 1.18. The topological polar surface area (TPSA) is 36.1 Å². The third-order valence-corrected chi connectivity index (χ3v) is 4.21. The molecule has 1 fully saturated rings. The first-order valence-electron chi connectivity index (χ1n) is 6.31. The summed E-state index contributed by atoms with van der Waals surface area (Å²) in [6, 6.07) is 10.5. The van der Waals surface area contributed by atoms with Gasteiger partial charge in [-0.15, -0.1) is 11.8 Å². The van der Waals surface area contributed by atoms with Crippen molar-refractivity contribution in [3.05, 3.63) is 30.3 Å². The van der Waals surface area contributed by atoms with Crippen LogP contribution in [0.15, 0.2) is 35.4 Å². The van der Waals surface area contributed by atoms with Gasteiger partial charge in [-0.2, -0.15) is 0 Å². The smallest absolute Gasteiger partial charge is 0.222 e. The zero-order valence-electron chi connectivity index (χ0n) is 10.2. The Morgan fingerprint density at radius 2 is 2.22 bits per heavy atom. The SMILES string of the molecule is O=C1CCCN1CCSc1cc2ccccc2[nH]1. The van der Waals surface area contributed by atoms with E-state index in [1.165, 1.54) is 15.9 Å². The third-order valence-electron chi connectivity index (χ3n) is 3.30. The molecule has 2 aromatic rings. The van der Waals surface area contributed by atoms with Crippen LogP contribution in [0.25, 0.3) is 10.9 Å². The second-order valence-electron chi connectivity index (χ2n) is 4.55. The minimum absolute atomic E-state index is 0.312. The number of H-pyrrole nitrogens is 1. The van der Waals surface area contributed by atoms with E-state index in [4.69, 9.17) is 0 Å². The molecular formula is C14H16N2OS. The molecule has 0 spiro atoms. The zero-order valence-corrected chi connectivity index (χ0v) is 11.0. The van der Waals surface area contributed by atoms with Crippen LogP contribution >= 0.6 is 11.8 Å². The molecule has 0 radical (unpaired) electrons. The molecule has 94 valence electrons. The van der Waals surface area contributed by atoms with Crippen molar-refractivity contribution in [2.75, 3.05) is 18.8 Å². The molecule has 0 unspecified atom stereocenters. The Hall–Kier alpha value is -1.42. The Morgan fingerprint density at radius 1 is 1.33 bits per heavy atom. The lowest BCUT2D eigenvalue weighted by Crippen LogP contribution is -2.26. The van der Waals surface area contributed by atoms with Crippen molar-refractivity contribution < 1.29 is 4.79 Å². The number of nitrogens with one attached hydrogen (secondary N) is 1. The largest absolute Gasteiger partial charge is 0.350 e. The number of rotatable bonds is 4. The number of hydrogen-bond donors (Lipinski definition) is 1. The van der Waals surface area contributed by atoms with Gasteiger partial charge >= 0.3 is 0 Å². The number of likely N-dealkylation sites (tertiary alicyclic amines) is 1. The number of para-hydroxylation sites is 1. The van der Waals surface area contributed by atoms with Crippen molar-refractivity contribution in [2.45, 2.75) is 17.9 Å². The van der Waals surface area contributed by atoms with Crippen molar-refractivity contribution in [1.82, 2.24) is 9.88 Å². The lowest BCUT2D eigenvalue weighted by atomic mass is 10.3. The first kappa shape index (κ1) is 11.7. The number of amides is 1. The molecule has 3 nitrogen and oxygen atoms in total. The van der Waals surface area contributed by atoms with Gasteiger partial charge < -0.3 is 9.88 Å². The molecule has 0 aliphatic carbocycles. The molecule has 0 atom stereocenters. The number of fused-ring (bicyclic) bond motifs is 1. The van der Waals surface area contributed by atoms with Gasteiger partial charge in [-0.05, 0) is 18.6 Å². The van der Waals surface area contributed by atoms with Crippen LogP contribution in [0.4, 0.5) is 0 Å². The fourth-order valence-electron chi connectivity index (χ4n) is 2.33. The molecule has 1 aliphatic heterocycles. The summed E-state index contributed by atoms with van der Waals surface area (Å²) in [5.74, 6) is 1.27. The molecular weight excluding hydrogens is 244 g/mol. The molecule has 1 amide bonds. The molecule has 1 aromatic carbocycles. The summed E-state index contributed by atoms with van der Waals surface area (Å²) in [7, 11) is 0. The van der Waals surface area contributed by atoms with Gasteiger partial charge in [-0.25, -0.2) is 0 Å². The number of carbonyl (C=O) groups excluding carboxylic acids is 1. The number of benzene rings is 1. The fraction of sp³-hybridized carbons (Fsp3) is 0.357. The van der Waals surface area contributed by atoms with Crippen LogP contribution in [0.3, 0.4) is 0 Å². The Bertz CT molecular complexity index is 531. The summed E-state index contributed by atoms with van der Waals surface area (Å²) in [5, 5.41) is 2.43. The second kappa shape index (κ2) is 5.06. The maximum Gasteiger partial charge on any atom is 0.222 e. The van der Waals surface area contributed by atoms with Crippen LogP contribution in [-0.4, -0.2) is 34.6 Å². The van der Waals surface area contributed by atoms with Gasteiger partial charge in [0.05, 0.1) is 5.03 Å². The first-order valence-corrected chi connectivity index (χ1v) is 7.30. The molecule has 1 saturated heterocycles. The third kappa shape index (κ3) is 2.38. The van der Waals surface area contributed by atoms with E-state index in [-0.39, 0.29) is 0 Å². The lowest BCUT2D eigenvalue weighted by Gasteiger charge is -2.14. The molecule has 18 heavy (non-hydrogen) atoms. The Morgan fingerprint density at radius 3 is 3.00 bits per heavy atom. The van der Waals surface area contributed by atoms with Gasteiger partial charge in [0, 0.05) is 36.2 Å². The van der Waals surface area contributed by atoms with Gasteiger partial charge in [0.15, 0.2) is 0 Å². The summed E-state index contributed by atoms with van der Waals surface area (Å²) >= 11 is 1.79. The maximum absolute atomic E-state index is 11.5. The van der Waals surface area contributed by atoms with Crippen molar-refractivity contribution in [1.29, 1.82) is 0 Å². The maximum atomic E-state index is 11.5. The molecule has 1 N–H and O–H groups in total. The zero-order chi connectivity index (χ0) is 12.4. The number of nitrogens with zero attached hydrogens (tertiary/aromatic N) is 1. The predicted octanol–water partition coefficient (Wildman–Crippen LogP) is 2.88. The lowest BCUT2D eigenvalue weighted by molar-refractivity contribution is -0.127. The standard InChI is InChI=1S/C14H16N2OS/c17-14-6-3-7-16(14)8-9-18-13-10-11-4-1-2-5-12(11)15-13/h1-2,4-5,10,15H,3,6-9H2. The monoisotopic (exact) mass is 260 g/mol. The van der Waals surface area contributed by atoms with Crippen LogP contribution in [0.5, 0.6) is 0 Å². The average Bonchev–Trinajstić information content (AvgIpc) is 2.96. The second-order valence-corrected chi connectivity index (χ2v) is 5.69. The normalized spacial score (nSPS) is 15.8. The number of thioether (sulfide) groups is 1. The Labute approximate surface area is 111 Å². The summed E-state index contributed by atoms with van der Waals surface area (Å²) in [4.78, 5) is 16.8. The van der Waals surface area contributed by atoms with Gasteiger partial charge in [0.2, 0.25) is 5.91 Å². The van der Waals surface area contributed by atoms with E-state index in [1.807, 2.05) is 17.0 Å². The summed E-state index contributed by atoms with van der Waals surface area (Å²) in [6.45, 7) is 1.80. The highest BCUT2D eigenvalue weighted by molar-refractivity contribution is 7.99. The molecule has 4 heteroatoms. The molecule has 3 rings (SSSR count). The molecule has 1 aromatic heterocycles. The number of aromatic nitrogens is 1. The van der Waals surface area contributed by atoms with Crippen molar-refractivity contribution in [2.24, 2.45) is 0 Å². The quantitative estimate of drug-likeness (QED) is 0.858. The molecule has 0 saturated carbocycles. The number of carbonyl (C=O) groups is 1. The summed E-state index contributed by atoms with van der Waals surface area (Å²) in [6.07, 6.45) is 1.76. The Balaban J connectivity index is 1.58. The van der Waals surface area contributed by atoms with Crippen LogP contribution in [0, 0.1) is 0 Å². The van der Waals surface area contributed by atoms with Gasteiger partial charge in [0.25, 0.3) is 0 Å². The van der Waals surface area contributed by atoms with E-state index >= 15 is 0 Å². The van der Waals surface area contributed by atoms with Gasteiger partial charge in [-0.1, -0.05) is 18.2 Å². The van der Waals surface area contributed by atoms with E-state index in [9.17, 15) is 4.79 Å². The van der Waals surface area contributed by atoms with E-state index in [0.29, 0.717) is 5.91 Å². The highest BCUT2D eigenvalue weighted by atomic mass is 32.2. The van der Waals surface area contributed by atoms with E-state index in [2.05, 4.69) is 23.2 Å². The number of hydrogen-bond acceptors (Lipinski definition) is 2. The van der Waals surface area contributed by atoms with Crippen LogP contribution in [0.1, 0.15) is 12.8 Å². The van der Waals surface area contributed by atoms with E-state index < -0.39 is 0 Å². The van der Waals surface area contributed by atoms with E-state index in [1.54, 1.807) is 11.8 Å². The first-order chi connectivity index (χ1) is 8.83. The van der Waals surface area contributed by atoms with E-state index in [0.717, 1.165) is 31.7 Å². The molecule has 2 heterocycles. The van der Waals surface area contributed by atoms with Crippen LogP contribution in [-0.2, 0) is 4.79 Å².